The van der Waals surface area contributed by atoms with Gasteiger partial charge < -0.3 is 14.8 Å². The summed E-state index contributed by atoms with van der Waals surface area (Å²) in [6.07, 6.45) is 1.06. The maximum atomic E-state index is 6.17. The van der Waals surface area contributed by atoms with Crippen LogP contribution in [0.4, 0.5) is 0 Å². The number of nitrogens with one attached hydrogen (secondary N) is 1. The van der Waals surface area contributed by atoms with Crippen LogP contribution in [-0.4, -0.2) is 33.9 Å². The number of hydrogen-bond donors (Lipinski definition) is 1. The van der Waals surface area contributed by atoms with Crippen molar-refractivity contribution in [2.75, 3.05) is 33.9 Å². The molecule has 0 bridgehead atoms. The molecule has 0 amide bonds. The maximum Gasteiger partial charge on any atom is 0.137 e. The average molecular weight is 256 g/mol. The fourth-order valence-corrected chi connectivity index (χ4v) is 2.42. The molecule has 1 fully saturated rings. The zero-order valence-electron chi connectivity index (χ0n) is 10.3. The van der Waals surface area contributed by atoms with E-state index in [0.29, 0.717) is 5.02 Å². The first-order valence-corrected chi connectivity index (χ1v) is 6.16. The smallest absolute Gasteiger partial charge is 0.137 e. The summed E-state index contributed by atoms with van der Waals surface area (Å²) < 4.78 is 10.6. The molecular weight excluding hydrogens is 238 g/mol. The molecule has 94 valence electrons. The van der Waals surface area contributed by atoms with Gasteiger partial charge in [-0.05, 0) is 37.7 Å². The quantitative estimate of drug-likeness (QED) is 0.875. The summed E-state index contributed by atoms with van der Waals surface area (Å²) >= 11 is 6.17. The minimum atomic E-state index is 0.124. The van der Waals surface area contributed by atoms with Crippen LogP contribution in [-0.2, 0) is 10.2 Å². The van der Waals surface area contributed by atoms with E-state index in [4.69, 9.17) is 21.1 Å². The SMILES string of the molecule is CNCCC1(c2ccc(OC)c(Cl)c2)COC1. The van der Waals surface area contributed by atoms with E-state index >= 15 is 0 Å². The topological polar surface area (TPSA) is 30.5 Å². The zero-order valence-corrected chi connectivity index (χ0v) is 11.0. The molecule has 3 nitrogen and oxygen atoms in total. The normalized spacial score (nSPS) is 17.6. The number of halogens is 1. The van der Waals surface area contributed by atoms with Crippen molar-refractivity contribution in [2.45, 2.75) is 11.8 Å². The second-order valence-corrected chi connectivity index (χ2v) is 4.88. The standard InChI is InChI=1S/C13H18ClNO2/c1-15-6-5-13(8-17-9-13)10-3-4-12(16-2)11(14)7-10/h3-4,7,15H,5-6,8-9H2,1-2H3. The highest BCUT2D eigenvalue weighted by molar-refractivity contribution is 6.32. The molecular formula is C13H18ClNO2. The lowest BCUT2D eigenvalue weighted by molar-refractivity contribution is -0.0638. The molecule has 1 N–H and O–H groups in total. The van der Waals surface area contributed by atoms with Crippen molar-refractivity contribution in [2.24, 2.45) is 0 Å². The van der Waals surface area contributed by atoms with E-state index in [1.807, 2.05) is 19.2 Å². The lowest BCUT2D eigenvalue weighted by atomic mass is 9.76. The number of rotatable bonds is 5. The number of hydrogen-bond acceptors (Lipinski definition) is 3. The van der Waals surface area contributed by atoms with Crippen LogP contribution in [0.5, 0.6) is 5.75 Å². The monoisotopic (exact) mass is 255 g/mol. The van der Waals surface area contributed by atoms with Crippen LogP contribution in [0.2, 0.25) is 5.02 Å². The van der Waals surface area contributed by atoms with Gasteiger partial charge in [-0.1, -0.05) is 17.7 Å². The Bertz CT molecular complexity index is 391. The summed E-state index contributed by atoms with van der Waals surface area (Å²) in [7, 11) is 3.60. The first-order valence-electron chi connectivity index (χ1n) is 5.78. The van der Waals surface area contributed by atoms with Crippen molar-refractivity contribution >= 4 is 11.6 Å². The van der Waals surface area contributed by atoms with Crippen molar-refractivity contribution in [3.8, 4) is 5.75 Å². The average Bonchev–Trinajstić information content (AvgIpc) is 2.28. The molecule has 0 spiro atoms. The first-order chi connectivity index (χ1) is 8.22. The fraction of sp³-hybridized carbons (Fsp3) is 0.538. The zero-order chi connectivity index (χ0) is 12.3. The third-order valence-corrected chi connectivity index (χ3v) is 3.67. The molecule has 1 aromatic rings. The Balaban J connectivity index is 2.22. The van der Waals surface area contributed by atoms with Crippen molar-refractivity contribution < 1.29 is 9.47 Å². The third kappa shape index (κ3) is 2.41. The van der Waals surface area contributed by atoms with Gasteiger partial charge >= 0.3 is 0 Å². The highest BCUT2D eigenvalue weighted by Gasteiger charge is 2.39. The number of benzene rings is 1. The summed E-state index contributed by atoms with van der Waals surface area (Å²) in [4.78, 5) is 0. The third-order valence-electron chi connectivity index (χ3n) is 3.37. The molecule has 1 heterocycles. The Morgan fingerprint density at radius 3 is 2.71 bits per heavy atom. The van der Waals surface area contributed by atoms with E-state index < -0.39 is 0 Å². The number of methoxy groups -OCH3 is 1. The van der Waals surface area contributed by atoms with E-state index in [1.165, 1.54) is 5.56 Å². The molecule has 1 aromatic carbocycles. The van der Waals surface area contributed by atoms with Gasteiger partial charge in [0.2, 0.25) is 0 Å². The van der Waals surface area contributed by atoms with Gasteiger partial charge in [0.25, 0.3) is 0 Å². The van der Waals surface area contributed by atoms with Gasteiger partial charge in [0.05, 0.1) is 25.3 Å². The predicted molar refractivity (Wildman–Crippen MR) is 69.0 cm³/mol. The molecule has 17 heavy (non-hydrogen) atoms. The van der Waals surface area contributed by atoms with Crippen molar-refractivity contribution in [1.29, 1.82) is 0 Å². The van der Waals surface area contributed by atoms with Crippen LogP contribution in [0.1, 0.15) is 12.0 Å². The summed E-state index contributed by atoms with van der Waals surface area (Å²) in [5.41, 5.74) is 1.36. The fourth-order valence-electron chi connectivity index (χ4n) is 2.16. The van der Waals surface area contributed by atoms with Crippen molar-refractivity contribution in [3.63, 3.8) is 0 Å². The molecule has 1 aliphatic rings. The van der Waals surface area contributed by atoms with E-state index in [-0.39, 0.29) is 5.41 Å². The Labute approximate surface area is 107 Å². The lowest BCUT2D eigenvalue weighted by Gasteiger charge is -2.42. The predicted octanol–water partition coefficient (Wildman–Crippen LogP) is 2.23. The lowest BCUT2D eigenvalue weighted by Crippen LogP contribution is -2.48. The maximum absolute atomic E-state index is 6.17. The molecule has 0 unspecified atom stereocenters. The molecule has 1 aliphatic heterocycles. The summed E-state index contributed by atoms with van der Waals surface area (Å²) in [5.74, 6) is 0.722. The largest absolute Gasteiger partial charge is 0.495 e. The summed E-state index contributed by atoms with van der Waals surface area (Å²) in [5, 5.41) is 3.85. The van der Waals surface area contributed by atoms with Gasteiger partial charge in [-0.2, -0.15) is 0 Å². The molecule has 4 heteroatoms. The summed E-state index contributed by atoms with van der Waals surface area (Å²) in [6, 6.07) is 6.01. The van der Waals surface area contributed by atoms with Crippen molar-refractivity contribution in [1.82, 2.24) is 5.32 Å². The molecule has 0 atom stereocenters. The molecule has 2 rings (SSSR count). The molecule has 0 radical (unpaired) electrons. The second kappa shape index (κ2) is 5.25. The Morgan fingerprint density at radius 1 is 1.47 bits per heavy atom. The van der Waals surface area contributed by atoms with Crippen LogP contribution in [0.15, 0.2) is 18.2 Å². The highest BCUT2D eigenvalue weighted by Crippen LogP contribution is 2.38. The van der Waals surface area contributed by atoms with Crippen LogP contribution >= 0.6 is 11.6 Å². The van der Waals surface area contributed by atoms with E-state index in [1.54, 1.807) is 7.11 Å². The van der Waals surface area contributed by atoms with Crippen molar-refractivity contribution in [3.05, 3.63) is 28.8 Å². The van der Waals surface area contributed by atoms with Gasteiger partial charge in [0.1, 0.15) is 5.75 Å². The van der Waals surface area contributed by atoms with E-state index in [9.17, 15) is 0 Å². The van der Waals surface area contributed by atoms with Crippen LogP contribution in [0, 0.1) is 0 Å². The van der Waals surface area contributed by atoms with Gasteiger partial charge in [0, 0.05) is 5.41 Å². The Morgan fingerprint density at radius 2 is 2.24 bits per heavy atom. The van der Waals surface area contributed by atoms with Gasteiger partial charge in [0.15, 0.2) is 0 Å². The van der Waals surface area contributed by atoms with E-state index in [0.717, 1.165) is 31.9 Å². The van der Waals surface area contributed by atoms with E-state index in [2.05, 4.69) is 11.4 Å². The Kier molecular flexibility index (Phi) is 3.92. The van der Waals surface area contributed by atoms with Crippen LogP contribution < -0.4 is 10.1 Å². The van der Waals surface area contributed by atoms with Gasteiger partial charge in [-0.25, -0.2) is 0 Å². The minimum absolute atomic E-state index is 0.124. The molecule has 0 saturated carbocycles. The molecule has 0 aromatic heterocycles. The van der Waals surface area contributed by atoms with Gasteiger partial charge in [-0.3, -0.25) is 0 Å². The first kappa shape index (κ1) is 12.7. The Hall–Kier alpha value is -0.770. The van der Waals surface area contributed by atoms with Crippen LogP contribution in [0.25, 0.3) is 0 Å². The minimum Gasteiger partial charge on any atom is -0.495 e. The number of ether oxygens (including phenoxy) is 2. The van der Waals surface area contributed by atoms with Crippen LogP contribution in [0.3, 0.4) is 0 Å². The second-order valence-electron chi connectivity index (χ2n) is 4.48. The summed E-state index contributed by atoms with van der Waals surface area (Å²) in [6.45, 7) is 2.53. The molecule has 1 saturated heterocycles. The molecule has 0 aliphatic carbocycles. The highest BCUT2D eigenvalue weighted by atomic mass is 35.5. The van der Waals surface area contributed by atoms with Gasteiger partial charge in [-0.15, -0.1) is 0 Å².